The SMILES string of the molecule is O=C(O)CCC(=O)O.c1cc[c]([Sn][c]2ccccc2)cc1. The van der Waals surface area contributed by atoms with Crippen LogP contribution in [-0.2, 0) is 9.59 Å². The van der Waals surface area contributed by atoms with Crippen LogP contribution in [-0.4, -0.2) is 43.3 Å². The van der Waals surface area contributed by atoms with E-state index >= 15 is 0 Å². The van der Waals surface area contributed by atoms with E-state index in [2.05, 4.69) is 60.7 Å². The molecule has 2 rings (SSSR count). The molecule has 0 spiro atoms. The van der Waals surface area contributed by atoms with E-state index in [-0.39, 0.29) is 12.8 Å². The summed E-state index contributed by atoms with van der Waals surface area (Å²) in [5, 5.41) is 15.8. The Morgan fingerprint density at radius 3 is 1.33 bits per heavy atom. The Morgan fingerprint density at radius 1 is 0.714 bits per heavy atom. The minimum absolute atomic E-state index is 0.296. The molecule has 0 bridgehead atoms. The fourth-order valence-electron chi connectivity index (χ4n) is 1.42. The number of hydrogen-bond donors (Lipinski definition) is 2. The molecule has 0 heterocycles. The molecule has 0 aliphatic heterocycles. The molecule has 0 aliphatic rings. The summed E-state index contributed by atoms with van der Waals surface area (Å²) in [7, 11) is 0. The predicted molar refractivity (Wildman–Crippen MR) is 82.4 cm³/mol. The molecule has 4 nitrogen and oxygen atoms in total. The second-order valence-electron chi connectivity index (χ2n) is 4.14. The van der Waals surface area contributed by atoms with Gasteiger partial charge in [-0.3, -0.25) is 9.59 Å². The summed E-state index contributed by atoms with van der Waals surface area (Å²) in [5.74, 6) is -2.15. The Balaban J connectivity index is 0.000000240. The van der Waals surface area contributed by atoms with Crippen molar-refractivity contribution >= 4 is 40.2 Å². The zero-order valence-electron chi connectivity index (χ0n) is 11.4. The minimum atomic E-state index is -1.08. The first kappa shape index (κ1) is 17.2. The average Bonchev–Trinajstić information content (AvgIpc) is 2.48. The van der Waals surface area contributed by atoms with Crippen LogP contribution in [0.4, 0.5) is 0 Å². The van der Waals surface area contributed by atoms with Gasteiger partial charge in [0.05, 0.1) is 12.8 Å². The van der Waals surface area contributed by atoms with Gasteiger partial charge in [-0.25, -0.2) is 0 Å². The van der Waals surface area contributed by atoms with Crippen molar-refractivity contribution in [2.75, 3.05) is 0 Å². The third-order valence-corrected chi connectivity index (χ3v) is 5.94. The van der Waals surface area contributed by atoms with E-state index in [1.165, 1.54) is 7.16 Å². The third kappa shape index (κ3) is 8.86. The van der Waals surface area contributed by atoms with Crippen LogP contribution < -0.4 is 7.16 Å². The molecule has 0 amide bonds. The van der Waals surface area contributed by atoms with Crippen LogP contribution in [0, 0.1) is 0 Å². The van der Waals surface area contributed by atoms with Gasteiger partial charge < -0.3 is 10.2 Å². The first-order valence-electron chi connectivity index (χ1n) is 6.38. The molecular weight excluding hydrogens is 375 g/mol. The van der Waals surface area contributed by atoms with Crippen molar-refractivity contribution in [1.82, 2.24) is 0 Å². The van der Waals surface area contributed by atoms with Gasteiger partial charge in [0.1, 0.15) is 0 Å². The van der Waals surface area contributed by atoms with Crippen LogP contribution in [0.5, 0.6) is 0 Å². The first-order valence-corrected chi connectivity index (χ1v) is 9.24. The molecule has 2 N–H and O–H groups in total. The van der Waals surface area contributed by atoms with Crippen LogP contribution in [0.1, 0.15) is 12.8 Å². The molecule has 0 aromatic heterocycles. The Kier molecular flexibility index (Phi) is 8.19. The van der Waals surface area contributed by atoms with E-state index in [1.807, 2.05) is 0 Å². The molecule has 21 heavy (non-hydrogen) atoms. The molecule has 0 unspecified atom stereocenters. The van der Waals surface area contributed by atoms with E-state index in [9.17, 15) is 9.59 Å². The van der Waals surface area contributed by atoms with Gasteiger partial charge in [-0.2, -0.15) is 0 Å². The molecule has 108 valence electrons. The van der Waals surface area contributed by atoms with E-state index < -0.39 is 33.1 Å². The van der Waals surface area contributed by atoms with Crippen molar-refractivity contribution in [3.05, 3.63) is 60.7 Å². The third-order valence-electron chi connectivity index (χ3n) is 2.39. The van der Waals surface area contributed by atoms with Gasteiger partial charge >= 0.3 is 101 Å². The predicted octanol–water partition coefficient (Wildman–Crippen LogP) is 1.28. The molecule has 2 aromatic rings. The molecule has 2 aromatic carbocycles. The van der Waals surface area contributed by atoms with E-state index in [0.717, 1.165) is 0 Å². The summed E-state index contributed by atoms with van der Waals surface area (Å²) in [6.45, 7) is 0. The summed E-state index contributed by atoms with van der Waals surface area (Å²) in [5.41, 5.74) is 0. The van der Waals surface area contributed by atoms with Crippen LogP contribution in [0.15, 0.2) is 60.7 Å². The normalized spacial score (nSPS) is 9.33. The number of rotatable bonds is 5. The van der Waals surface area contributed by atoms with Crippen LogP contribution >= 0.6 is 0 Å². The van der Waals surface area contributed by atoms with Gasteiger partial charge in [-0.15, -0.1) is 0 Å². The molecule has 0 fully saturated rings. The van der Waals surface area contributed by atoms with Crippen molar-refractivity contribution in [3.8, 4) is 0 Å². The topological polar surface area (TPSA) is 74.6 Å². The van der Waals surface area contributed by atoms with E-state index in [1.54, 1.807) is 0 Å². The Morgan fingerprint density at radius 2 is 1.05 bits per heavy atom. The number of carboxylic acid groups (broad SMARTS) is 2. The quantitative estimate of drug-likeness (QED) is 0.754. The van der Waals surface area contributed by atoms with E-state index in [4.69, 9.17) is 10.2 Å². The van der Waals surface area contributed by atoms with Gasteiger partial charge in [0.2, 0.25) is 0 Å². The van der Waals surface area contributed by atoms with Gasteiger partial charge in [-0.05, 0) is 0 Å². The fraction of sp³-hybridized carbons (Fsp3) is 0.125. The van der Waals surface area contributed by atoms with E-state index in [0.29, 0.717) is 0 Å². The van der Waals surface area contributed by atoms with Gasteiger partial charge in [0.25, 0.3) is 0 Å². The number of hydrogen-bond acceptors (Lipinski definition) is 2. The second-order valence-corrected chi connectivity index (χ2v) is 8.15. The zero-order valence-corrected chi connectivity index (χ0v) is 14.3. The number of aliphatic carboxylic acids is 2. The van der Waals surface area contributed by atoms with Crippen molar-refractivity contribution < 1.29 is 19.8 Å². The monoisotopic (exact) mass is 392 g/mol. The summed E-state index contributed by atoms with van der Waals surface area (Å²) < 4.78 is 3.08. The number of carboxylic acids is 2. The molecule has 0 saturated carbocycles. The number of carbonyl (C=O) groups is 2. The molecule has 5 heteroatoms. The van der Waals surface area contributed by atoms with Gasteiger partial charge in [0.15, 0.2) is 0 Å². The Bertz CT molecular complexity index is 504. The van der Waals surface area contributed by atoms with Crippen molar-refractivity contribution in [1.29, 1.82) is 0 Å². The van der Waals surface area contributed by atoms with Crippen molar-refractivity contribution in [2.24, 2.45) is 0 Å². The number of benzene rings is 2. The molecule has 2 radical (unpaired) electrons. The maximum absolute atomic E-state index is 9.64. The molecule has 0 saturated heterocycles. The molecule has 0 atom stereocenters. The first-order chi connectivity index (χ1) is 10.1. The molecule has 0 aliphatic carbocycles. The van der Waals surface area contributed by atoms with Crippen LogP contribution in [0.25, 0.3) is 0 Å². The Labute approximate surface area is 133 Å². The summed E-state index contributed by atoms with van der Waals surface area (Å²) in [4.78, 5) is 19.3. The average molecular weight is 391 g/mol. The second kappa shape index (κ2) is 9.99. The summed E-state index contributed by atoms with van der Waals surface area (Å²) in [6.07, 6.45) is -0.593. The standard InChI is InChI=1S/2C6H5.C4H6O4.Sn/c2*1-2-4-6-5-3-1;5-3(6)1-2-4(7)8;/h2*1-5H;1-2H2,(H,5,6)(H,7,8);. The van der Waals surface area contributed by atoms with Gasteiger partial charge in [0, 0.05) is 0 Å². The van der Waals surface area contributed by atoms with Gasteiger partial charge in [-0.1, -0.05) is 0 Å². The van der Waals surface area contributed by atoms with Crippen molar-refractivity contribution in [3.63, 3.8) is 0 Å². The fourth-order valence-corrected chi connectivity index (χ4v) is 4.42. The van der Waals surface area contributed by atoms with Crippen LogP contribution in [0.3, 0.4) is 0 Å². The maximum atomic E-state index is 9.64. The summed E-state index contributed by atoms with van der Waals surface area (Å²) in [6, 6.07) is 21.6. The summed E-state index contributed by atoms with van der Waals surface area (Å²) >= 11 is -0.517. The zero-order chi connectivity index (χ0) is 15.5. The molecular formula is C16H16O4Sn. The Hall–Kier alpha value is -1.82. The van der Waals surface area contributed by atoms with Crippen molar-refractivity contribution in [2.45, 2.75) is 12.8 Å². The van der Waals surface area contributed by atoms with Crippen LogP contribution in [0.2, 0.25) is 0 Å².